The summed E-state index contributed by atoms with van der Waals surface area (Å²) in [7, 11) is -3.56. The minimum absolute atomic E-state index is 0.0335. The average Bonchev–Trinajstić information content (AvgIpc) is 2.37. The maximum absolute atomic E-state index is 11.7. The van der Waals surface area contributed by atoms with E-state index >= 15 is 0 Å². The van der Waals surface area contributed by atoms with Gasteiger partial charge in [0.05, 0.1) is 22.2 Å². The van der Waals surface area contributed by atoms with Crippen LogP contribution in [0.2, 0.25) is 0 Å². The molecule has 122 valence electrons. The minimum atomic E-state index is -3.56. The molecule has 0 fully saturated rings. The van der Waals surface area contributed by atoms with Gasteiger partial charge in [0.15, 0.2) is 17.1 Å². The summed E-state index contributed by atoms with van der Waals surface area (Å²) in [5.74, 6) is -0.413. The van der Waals surface area contributed by atoms with E-state index in [4.69, 9.17) is 4.74 Å². The van der Waals surface area contributed by atoms with Crippen LogP contribution in [-0.4, -0.2) is 36.3 Å². The highest BCUT2D eigenvalue weighted by Gasteiger charge is 2.31. The van der Waals surface area contributed by atoms with Gasteiger partial charge < -0.3 is 4.74 Å². The largest absolute Gasteiger partial charge is 0.473 e. The highest BCUT2D eigenvalue weighted by Crippen LogP contribution is 2.33. The second-order valence-corrected chi connectivity index (χ2v) is 7.29. The van der Waals surface area contributed by atoms with Gasteiger partial charge in [0.1, 0.15) is 0 Å². The molecule has 0 unspecified atom stereocenters. The Morgan fingerprint density at radius 3 is 2.50 bits per heavy atom. The van der Waals surface area contributed by atoms with E-state index in [1.165, 1.54) is 26.0 Å². The summed E-state index contributed by atoms with van der Waals surface area (Å²) >= 11 is 3.02. The fraction of sp³-hybridized carbons (Fsp3) is 0.417. The Hall–Kier alpha value is -1.68. The van der Waals surface area contributed by atoms with Crippen LogP contribution in [0.1, 0.15) is 13.8 Å². The number of benzene rings is 1. The van der Waals surface area contributed by atoms with E-state index in [0.717, 1.165) is 12.3 Å². The van der Waals surface area contributed by atoms with Crippen LogP contribution in [0.5, 0.6) is 5.75 Å². The van der Waals surface area contributed by atoms with Gasteiger partial charge in [-0.3, -0.25) is 19.6 Å². The van der Waals surface area contributed by atoms with Crippen molar-refractivity contribution < 1.29 is 22.9 Å². The Balaban J connectivity index is 3.21. The minimum Gasteiger partial charge on any atom is -0.473 e. The molecule has 1 aromatic rings. The maximum atomic E-state index is 11.7. The van der Waals surface area contributed by atoms with E-state index in [2.05, 4.69) is 20.7 Å². The number of ether oxygens (including phenoxy) is 1. The summed E-state index contributed by atoms with van der Waals surface area (Å²) in [4.78, 5) is 22.1. The number of alkyl halides is 1. The van der Waals surface area contributed by atoms with Gasteiger partial charge in [0, 0.05) is 6.07 Å². The molecule has 0 aromatic heterocycles. The third-order valence-electron chi connectivity index (χ3n) is 2.62. The monoisotopic (exact) mass is 394 g/mol. The van der Waals surface area contributed by atoms with Gasteiger partial charge in [-0.05, 0) is 26.0 Å². The summed E-state index contributed by atoms with van der Waals surface area (Å²) in [5, 5.41) is 11.2. The number of hydrogen-bond acceptors (Lipinski definition) is 6. The molecule has 0 spiro atoms. The summed E-state index contributed by atoms with van der Waals surface area (Å²) < 4.78 is 29.9. The Bertz CT molecular complexity index is 702. The predicted octanol–water partition coefficient (Wildman–Crippen LogP) is 2.09. The number of nitro groups is 1. The zero-order valence-electron chi connectivity index (χ0n) is 12.1. The van der Waals surface area contributed by atoms with Crippen molar-refractivity contribution in [2.75, 3.05) is 16.3 Å². The van der Waals surface area contributed by atoms with Crippen LogP contribution in [-0.2, 0) is 14.8 Å². The molecule has 8 nitrogen and oxygen atoms in total. The number of rotatable bonds is 7. The number of Topliss-reactive ketones (excluding diaryl/α,β-unsaturated/α-hetero) is 1. The third-order valence-corrected chi connectivity index (χ3v) is 3.73. The summed E-state index contributed by atoms with van der Waals surface area (Å²) in [6, 6.07) is 3.60. The van der Waals surface area contributed by atoms with Gasteiger partial charge in [0.25, 0.3) is 0 Å². The van der Waals surface area contributed by atoms with Gasteiger partial charge in [-0.25, -0.2) is 8.42 Å². The lowest BCUT2D eigenvalue weighted by molar-refractivity contribution is -0.386. The lowest BCUT2D eigenvalue weighted by atomic mass is 10.1. The van der Waals surface area contributed by atoms with Gasteiger partial charge in [-0.15, -0.1) is 0 Å². The van der Waals surface area contributed by atoms with Crippen molar-refractivity contribution in [1.29, 1.82) is 0 Å². The zero-order valence-corrected chi connectivity index (χ0v) is 14.5. The average molecular weight is 395 g/mol. The molecule has 0 aliphatic carbocycles. The smallest absolute Gasteiger partial charge is 0.313 e. The molecule has 0 aliphatic rings. The molecule has 22 heavy (non-hydrogen) atoms. The van der Waals surface area contributed by atoms with Crippen molar-refractivity contribution >= 4 is 43.1 Å². The Labute approximate surface area is 136 Å². The summed E-state index contributed by atoms with van der Waals surface area (Å²) in [5.41, 5.74) is -1.67. The van der Waals surface area contributed by atoms with Crippen molar-refractivity contribution in [3.63, 3.8) is 0 Å². The molecule has 0 amide bonds. The number of hydrogen-bond donors (Lipinski definition) is 1. The number of halogens is 1. The van der Waals surface area contributed by atoms with Crippen LogP contribution in [0.3, 0.4) is 0 Å². The van der Waals surface area contributed by atoms with Crippen molar-refractivity contribution in [3.05, 3.63) is 28.3 Å². The molecule has 0 aliphatic heterocycles. The first-order chi connectivity index (χ1) is 9.96. The van der Waals surface area contributed by atoms with E-state index in [1.54, 1.807) is 0 Å². The standard InChI is InChI=1S/C12H15BrN2O6S/c1-12(2,11(16)7-13)21-10-5-4-8(14-22(3,19)20)6-9(10)15(17)18/h4-6,14H,7H2,1-3H3. The number of nitrogens with one attached hydrogen (secondary N) is 1. The third kappa shape index (κ3) is 4.95. The Morgan fingerprint density at radius 1 is 1.45 bits per heavy atom. The fourth-order valence-electron chi connectivity index (χ4n) is 1.52. The van der Waals surface area contributed by atoms with Crippen LogP contribution in [0.15, 0.2) is 18.2 Å². The SMILES string of the molecule is CC(C)(Oc1ccc(NS(C)(=O)=O)cc1[N+](=O)[O-])C(=O)CBr. The molecular formula is C12H15BrN2O6S. The molecular weight excluding hydrogens is 380 g/mol. The molecule has 1 aromatic carbocycles. The molecule has 0 atom stereocenters. The predicted molar refractivity (Wildman–Crippen MR) is 85.1 cm³/mol. The highest BCUT2D eigenvalue weighted by atomic mass is 79.9. The first-order valence-corrected chi connectivity index (χ1v) is 9.02. The van der Waals surface area contributed by atoms with Crippen LogP contribution in [0.4, 0.5) is 11.4 Å². The summed E-state index contributed by atoms with van der Waals surface area (Å²) in [6.45, 7) is 2.98. The van der Waals surface area contributed by atoms with Crippen LogP contribution < -0.4 is 9.46 Å². The van der Waals surface area contributed by atoms with E-state index in [1.807, 2.05) is 0 Å². The van der Waals surface area contributed by atoms with E-state index in [0.29, 0.717) is 0 Å². The first kappa shape index (κ1) is 18.4. The van der Waals surface area contributed by atoms with Crippen LogP contribution in [0, 0.1) is 10.1 Å². The molecule has 10 heteroatoms. The number of nitro benzene ring substituents is 1. The van der Waals surface area contributed by atoms with E-state index in [9.17, 15) is 23.3 Å². The molecule has 0 bridgehead atoms. The second kappa shape index (κ2) is 6.61. The fourth-order valence-corrected chi connectivity index (χ4v) is 2.75. The van der Waals surface area contributed by atoms with Gasteiger partial charge >= 0.3 is 5.69 Å². The van der Waals surface area contributed by atoms with Crippen molar-refractivity contribution in [3.8, 4) is 5.75 Å². The maximum Gasteiger partial charge on any atom is 0.313 e. The number of ketones is 1. The topological polar surface area (TPSA) is 116 Å². The molecule has 0 radical (unpaired) electrons. The Kier molecular flexibility index (Phi) is 5.52. The lowest BCUT2D eigenvalue weighted by Crippen LogP contribution is -2.39. The van der Waals surface area contributed by atoms with E-state index < -0.39 is 26.2 Å². The number of carbonyl (C=O) groups is 1. The second-order valence-electron chi connectivity index (χ2n) is 4.98. The highest BCUT2D eigenvalue weighted by molar-refractivity contribution is 9.09. The molecule has 0 saturated carbocycles. The van der Waals surface area contributed by atoms with Crippen molar-refractivity contribution in [1.82, 2.24) is 0 Å². The Morgan fingerprint density at radius 2 is 2.05 bits per heavy atom. The number of sulfonamides is 1. The van der Waals surface area contributed by atoms with Gasteiger partial charge in [-0.1, -0.05) is 15.9 Å². The number of carbonyl (C=O) groups excluding carboxylic acids is 1. The number of anilines is 1. The lowest BCUT2D eigenvalue weighted by Gasteiger charge is -2.24. The van der Waals surface area contributed by atoms with E-state index in [-0.39, 0.29) is 22.6 Å². The molecule has 1 N–H and O–H groups in total. The zero-order chi connectivity index (χ0) is 17.1. The molecule has 0 saturated heterocycles. The normalized spacial score (nSPS) is 11.8. The van der Waals surface area contributed by atoms with Crippen LogP contribution >= 0.6 is 15.9 Å². The quantitative estimate of drug-likeness (QED) is 0.429. The van der Waals surface area contributed by atoms with Gasteiger partial charge in [0.2, 0.25) is 10.0 Å². The number of nitrogens with zero attached hydrogens (tertiary/aromatic N) is 1. The van der Waals surface area contributed by atoms with Crippen molar-refractivity contribution in [2.45, 2.75) is 19.4 Å². The molecule has 1 rings (SSSR count). The van der Waals surface area contributed by atoms with Gasteiger partial charge in [-0.2, -0.15) is 0 Å². The van der Waals surface area contributed by atoms with Crippen molar-refractivity contribution in [2.24, 2.45) is 0 Å². The first-order valence-electron chi connectivity index (χ1n) is 6.01. The summed E-state index contributed by atoms with van der Waals surface area (Å²) in [6.07, 6.45) is 0.932. The molecule has 0 heterocycles. The van der Waals surface area contributed by atoms with Crippen LogP contribution in [0.25, 0.3) is 0 Å².